The molecule has 0 unspecified atom stereocenters. The number of amides is 2. The minimum Gasteiger partial charge on any atom is -0.444 e. The molecule has 0 spiro atoms. The van der Waals surface area contributed by atoms with Gasteiger partial charge < -0.3 is 15.4 Å². The van der Waals surface area contributed by atoms with E-state index in [2.05, 4.69) is 33.6 Å². The van der Waals surface area contributed by atoms with Crippen molar-refractivity contribution in [2.45, 2.75) is 77.4 Å². The second-order valence-corrected chi connectivity index (χ2v) is 9.10. The van der Waals surface area contributed by atoms with Crippen LogP contribution >= 0.6 is 0 Å². The van der Waals surface area contributed by atoms with Crippen molar-refractivity contribution < 1.29 is 14.3 Å². The highest BCUT2D eigenvalue weighted by Gasteiger charge is 2.22. The Bertz CT molecular complexity index is 687. The topological polar surface area (TPSA) is 83.6 Å². The Morgan fingerprint density at radius 3 is 2.63 bits per heavy atom. The Labute approximate surface area is 181 Å². The molecular formula is C23H38N4O3. The van der Waals surface area contributed by atoms with Crippen LogP contribution < -0.4 is 10.6 Å². The molecule has 0 aromatic carbocycles. The summed E-state index contributed by atoms with van der Waals surface area (Å²) in [5, 5.41) is 5.69. The Kier molecular flexibility index (Phi) is 9.56. The smallest absolute Gasteiger partial charge is 0.407 e. The number of aromatic nitrogens is 1. The number of likely N-dealkylation sites (tertiary alicyclic amines) is 1. The van der Waals surface area contributed by atoms with Gasteiger partial charge in [-0.3, -0.25) is 14.7 Å². The quantitative estimate of drug-likeness (QED) is 0.567. The predicted molar refractivity (Wildman–Crippen MR) is 118 cm³/mol. The number of rotatable bonds is 10. The summed E-state index contributed by atoms with van der Waals surface area (Å²) >= 11 is 0. The molecule has 168 valence electrons. The SMILES string of the molecule is CN1CCC[C@H]1c1cncc(CCCNC(=O)CCCCNC(=O)OC(C)(C)C)c1. The number of alkyl carbamates (subject to hydrolysis) is 1. The number of hydrogen-bond donors (Lipinski definition) is 2. The van der Waals surface area contributed by atoms with Crippen LogP contribution in [0.25, 0.3) is 0 Å². The van der Waals surface area contributed by atoms with Crippen molar-refractivity contribution in [1.29, 1.82) is 0 Å². The Morgan fingerprint density at radius 2 is 1.93 bits per heavy atom. The summed E-state index contributed by atoms with van der Waals surface area (Å²) in [6.07, 6.45) is 9.72. The maximum absolute atomic E-state index is 12.0. The molecule has 1 aliphatic rings. The van der Waals surface area contributed by atoms with E-state index in [1.54, 1.807) is 0 Å². The third kappa shape index (κ3) is 9.11. The lowest BCUT2D eigenvalue weighted by molar-refractivity contribution is -0.121. The fourth-order valence-electron chi connectivity index (χ4n) is 3.68. The maximum Gasteiger partial charge on any atom is 0.407 e. The summed E-state index contributed by atoms with van der Waals surface area (Å²) in [7, 11) is 2.17. The first-order valence-corrected chi connectivity index (χ1v) is 11.1. The molecular weight excluding hydrogens is 380 g/mol. The number of unbranched alkanes of at least 4 members (excludes halogenated alkanes) is 1. The standard InChI is InChI=1S/C23H38N4O3/c1-23(2,3)30-22(29)26-12-6-5-11-21(28)25-13-7-9-18-15-19(17-24-16-18)20-10-8-14-27(20)4/h15-17,20H,5-14H2,1-4H3,(H,25,28)(H,26,29)/t20-/m0/s1. The number of carbonyl (C=O) groups is 2. The van der Waals surface area contributed by atoms with Gasteiger partial charge in [0.05, 0.1) is 0 Å². The summed E-state index contributed by atoms with van der Waals surface area (Å²) in [6, 6.07) is 2.75. The first kappa shape index (κ1) is 24.1. The van der Waals surface area contributed by atoms with Gasteiger partial charge in [-0.15, -0.1) is 0 Å². The van der Waals surface area contributed by atoms with Gasteiger partial charge in [-0.2, -0.15) is 0 Å². The van der Waals surface area contributed by atoms with E-state index in [0.717, 1.165) is 32.2 Å². The minimum atomic E-state index is -0.492. The highest BCUT2D eigenvalue weighted by Crippen LogP contribution is 2.30. The molecule has 0 radical (unpaired) electrons. The molecule has 30 heavy (non-hydrogen) atoms. The lowest BCUT2D eigenvalue weighted by Gasteiger charge is -2.19. The Morgan fingerprint density at radius 1 is 1.17 bits per heavy atom. The molecule has 7 nitrogen and oxygen atoms in total. The van der Waals surface area contributed by atoms with E-state index in [1.807, 2.05) is 33.2 Å². The predicted octanol–water partition coefficient (Wildman–Crippen LogP) is 3.59. The molecule has 1 atom stereocenters. The molecule has 0 saturated carbocycles. The van der Waals surface area contributed by atoms with Crippen LogP contribution in [-0.2, 0) is 16.0 Å². The van der Waals surface area contributed by atoms with E-state index in [1.165, 1.54) is 24.0 Å². The van der Waals surface area contributed by atoms with Crippen molar-refractivity contribution in [3.8, 4) is 0 Å². The minimum absolute atomic E-state index is 0.0618. The zero-order chi connectivity index (χ0) is 22.0. The van der Waals surface area contributed by atoms with Gasteiger partial charge in [-0.05, 0) is 84.0 Å². The molecule has 2 rings (SSSR count). The molecule has 7 heteroatoms. The largest absolute Gasteiger partial charge is 0.444 e. The van der Waals surface area contributed by atoms with Gasteiger partial charge in [0.15, 0.2) is 0 Å². The lowest BCUT2D eigenvalue weighted by Crippen LogP contribution is -2.33. The Hall–Kier alpha value is -2.15. The number of hydrogen-bond acceptors (Lipinski definition) is 5. The van der Waals surface area contributed by atoms with Crippen LogP contribution in [0.2, 0.25) is 0 Å². The van der Waals surface area contributed by atoms with Crippen LogP contribution in [0.3, 0.4) is 0 Å². The monoisotopic (exact) mass is 418 g/mol. The van der Waals surface area contributed by atoms with Crippen molar-refractivity contribution in [3.05, 3.63) is 29.6 Å². The van der Waals surface area contributed by atoms with Gasteiger partial charge in [0, 0.05) is 37.9 Å². The second-order valence-electron chi connectivity index (χ2n) is 9.10. The number of pyridine rings is 1. The van der Waals surface area contributed by atoms with Crippen LogP contribution in [0, 0.1) is 0 Å². The number of aryl methyl sites for hydroxylation is 1. The summed E-state index contributed by atoms with van der Waals surface area (Å²) in [5.41, 5.74) is 2.04. The first-order valence-electron chi connectivity index (χ1n) is 11.1. The third-order valence-corrected chi connectivity index (χ3v) is 5.18. The van der Waals surface area contributed by atoms with Gasteiger partial charge in [0.25, 0.3) is 0 Å². The summed E-state index contributed by atoms with van der Waals surface area (Å²) < 4.78 is 5.17. The van der Waals surface area contributed by atoms with E-state index in [0.29, 0.717) is 25.6 Å². The molecule has 0 bridgehead atoms. The molecule has 2 amide bonds. The summed E-state index contributed by atoms with van der Waals surface area (Å²) in [5.74, 6) is 0.0618. The normalized spacial score (nSPS) is 17.0. The molecule has 1 aromatic rings. The summed E-state index contributed by atoms with van der Waals surface area (Å²) in [6.45, 7) is 7.83. The average Bonchev–Trinajstić information content (AvgIpc) is 3.10. The molecule has 1 aromatic heterocycles. The van der Waals surface area contributed by atoms with Crippen molar-refractivity contribution >= 4 is 12.0 Å². The zero-order valence-electron chi connectivity index (χ0n) is 19.0. The molecule has 1 aliphatic heterocycles. The van der Waals surface area contributed by atoms with Crippen LogP contribution in [0.4, 0.5) is 4.79 Å². The van der Waals surface area contributed by atoms with Gasteiger partial charge in [-0.25, -0.2) is 4.79 Å². The molecule has 1 saturated heterocycles. The van der Waals surface area contributed by atoms with Gasteiger partial charge in [0.2, 0.25) is 5.91 Å². The average molecular weight is 419 g/mol. The maximum atomic E-state index is 12.0. The van der Waals surface area contributed by atoms with E-state index in [9.17, 15) is 9.59 Å². The highest BCUT2D eigenvalue weighted by atomic mass is 16.6. The Balaban J connectivity index is 1.55. The van der Waals surface area contributed by atoms with Gasteiger partial charge in [0.1, 0.15) is 5.60 Å². The number of carbonyl (C=O) groups excluding carboxylic acids is 2. The highest BCUT2D eigenvalue weighted by molar-refractivity contribution is 5.75. The van der Waals surface area contributed by atoms with Crippen LogP contribution in [0.1, 0.15) is 76.5 Å². The zero-order valence-corrected chi connectivity index (χ0v) is 19.0. The van der Waals surface area contributed by atoms with Crippen molar-refractivity contribution in [2.75, 3.05) is 26.7 Å². The number of nitrogens with zero attached hydrogens (tertiary/aromatic N) is 2. The number of ether oxygens (including phenoxy) is 1. The van der Waals surface area contributed by atoms with Gasteiger partial charge in [-0.1, -0.05) is 6.07 Å². The van der Waals surface area contributed by atoms with Crippen LogP contribution in [-0.4, -0.2) is 54.2 Å². The van der Waals surface area contributed by atoms with Crippen LogP contribution in [0.15, 0.2) is 18.5 Å². The van der Waals surface area contributed by atoms with Crippen molar-refractivity contribution in [2.24, 2.45) is 0 Å². The van der Waals surface area contributed by atoms with Crippen LogP contribution in [0.5, 0.6) is 0 Å². The van der Waals surface area contributed by atoms with E-state index < -0.39 is 11.7 Å². The van der Waals surface area contributed by atoms with E-state index >= 15 is 0 Å². The summed E-state index contributed by atoms with van der Waals surface area (Å²) in [4.78, 5) is 30.3. The van der Waals surface area contributed by atoms with Crippen molar-refractivity contribution in [3.63, 3.8) is 0 Å². The molecule has 2 N–H and O–H groups in total. The second kappa shape index (κ2) is 11.9. The molecule has 1 fully saturated rings. The molecule has 0 aliphatic carbocycles. The van der Waals surface area contributed by atoms with Crippen molar-refractivity contribution in [1.82, 2.24) is 20.5 Å². The third-order valence-electron chi connectivity index (χ3n) is 5.18. The van der Waals surface area contributed by atoms with E-state index in [4.69, 9.17) is 4.74 Å². The fraction of sp³-hybridized carbons (Fsp3) is 0.696. The van der Waals surface area contributed by atoms with Gasteiger partial charge >= 0.3 is 6.09 Å². The van der Waals surface area contributed by atoms with E-state index in [-0.39, 0.29) is 5.91 Å². The fourth-order valence-corrected chi connectivity index (χ4v) is 3.68. The number of nitrogens with one attached hydrogen (secondary N) is 2. The lowest BCUT2D eigenvalue weighted by atomic mass is 10.0. The first-order chi connectivity index (χ1) is 14.2. The molecule has 2 heterocycles.